The second kappa shape index (κ2) is 8.62. The van der Waals surface area contributed by atoms with Gasteiger partial charge in [0, 0.05) is 31.1 Å². The Labute approximate surface area is 168 Å². The van der Waals surface area contributed by atoms with E-state index in [1.807, 2.05) is 6.92 Å². The summed E-state index contributed by atoms with van der Waals surface area (Å²) in [6, 6.07) is 2.14. The van der Waals surface area contributed by atoms with Gasteiger partial charge in [0.15, 0.2) is 0 Å². The molecule has 5 heteroatoms. The third-order valence-electron chi connectivity index (χ3n) is 6.03. The number of carbonyl (C=O) groups is 1. The molecule has 27 heavy (non-hydrogen) atoms. The van der Waals surface area contributed by atoms with E-state index < -0.39 is 5.60 Å². The first-order chi connectivity index (χ1) is 12.7. The lowest BCUT2D eigenvalue weighted by atomic mass is 9.89. The predicted molar refractivity (Wildman–Crippen MR) is 113 cm³/mol. The molecule has 1 aromatic rings. The molecule has 0 atom stereocenters. The maximum atomic E-state index is 12.7. The Kier molecular flexibility index (Phi) is 6.65. The van der Waals surface area contributed by atoms with Crippen LogP contribution in [-0.2, 0) is 12.8 Å². The number of nitrogens with one attached hydrogen (secondary N) is 1. The van der Waals surface area contributed by atoms with Crippen LogP contribution < -0.4 is 5.32 Å². The fraction of sp³-hybridized carbons (Fsp3) is 0.773. The molecule has 1 saturated heterocycles. The van der Waals surface area contributed by atoms with Crippen molar-refractivity contribution in [2.45, 2.75) is 77.7 Å². The van der Waals surface area contributed by atoms with Crippen LogP contribution in [0.25, 0.3) is 0 Å². The van der Waals surface area contributed by atoms with Crippen LogP contribution in [0.15, 0.2) is 6.07 Å². The van der Waals surface area contributed by atoms with E-state index in [4.69, 9.17) is 0 Å². The van der Waals surface area contributed by atoms with Gasteiger partial charge in [-0.1, -0.05) is 26.7 Å². The van der Waals surface area contributed by atoms with Crippen molar-refractivity contribution in [3.8, 4) is 0 Å². The van der Waals surface area contributed by atoms with Crippen molar-refractivity contribution in [3.63, 3.8) is 0 Å². The maximum absolute atomic E-state index is 12.7. The van der Waals surface area contributed by atoms with E-state index in [1.165, 1.54) is 36.1 Å². The molecular formula is C22H36N2O2S. The lowest BCUT2D eigenvalue weighted by Gasteiger charge is -2.39. The normalized spacial score (nSPS) is 21.2. The van der Waals surface area contributed by atoms with Crippen LogP contribution in [0.3, 0.4) is 0 Å². The van der Waals surface area contributed by atoms with Gasteiger partial charge in [-0.15, -0.1) is 11.3 Å². The average molecular weight is 393 g/mol. The highest BCUT2D eigenvalue weighted by Gasteiger charge is 2.30. The zero-order valence-corrected chi connectivity index (χ0v) is 18.1. The van der Waals surface area contributed by atoms with Gasteiger partial charge in [0.1, 0.15) is 0 Å². The first kappa shape index (κ1) is 20.8. The van der Waals surface area contributed by atoms with Crippen molar-refractivity contribution in [1.82, 2.24) is 10.2 Å². The Morgan fingerprint density at radius 1 is 1.22 bits per heavy atom. The highest BCUT2D eigenvalue weighted by molar-refractivity contribution is 7.14. The summed E-state index contributed by atoms with van der Waals surface area (Å²) in [5.41, 5.74) is 0.916. The standard InChI is InChI=1S/C22H36N2O2S/c1-21(2,16-24-12-10-22(3,26)11-13-24)15-23-20(25)19-14-17-8-6-4-5-7-9-18(17)27-19/h14,26H,4-13,15-16H2,1-3H3,(H,23,25). The molecule has 2 heterocycles. The van der Waals surface area contributed by atoms with E-state index in [-0.39, 0.29) is 11.3 Å². The summed E-state index contributed by atoms with van der Waals surface area (Å²) >= 11 is 1.70. The first-order valence-electron chi connectivity index (χ1n) is 10.6. The van der Waals surface area contributed by atoms with Gasteiger partial charge in [-0.3, -0.25) is 4.79 Å². The smallest absolute Gasteiger partial charge is 0.261 e. The van der Waals surface area contributed by atoms with Crippen molar-refractivity contribution >= 4 is 17.2 Å². The minimum absolute atomic E-state index is 0.0185. The second-order valence-electron chi connectivity index (χ2n) is 9.59. The maximum Gasteiger partial charge on any atom is 0.261 e. The molecule has 0 spiro atoms. The molecular weight excluding hydrogens is 356 g/mol. The number of hydrogen-bond acceptors (Lipinski definition) is 4. The number of hydrogen-bond donors (Lipinski definition) is 2. The fourth-order valence-electron chi connectivity index (χ4n) is 4.22. The van der Waals surface area contributed by atoms with Gasteiger partial charge in [0.25, 0.3) is 5.91 Å². The number of aryl methyl sites for hydroxylation is 2. The molecule has 152 valence electrons. The van der Waals surface area contributed by atoms with E-state index in [2.05, 4.69) is 30.1 Å². The molecule has 1 aromatic heterocycles. The van der Waals surface area contributed by atoms with Crippen LogP contribution in [0.1, 0.15) is 79.4 Å². The Morgan fingerprint density at radius 3 is 2.59 bits per heavy atom. The molecule has 3 rings (SSSR count). The first-order valence-corrected chi connectivity index (χ1v) is 11.4. The monoisotopic (exact) mass is 392 g/mol. The average Bonchev–Trinajstić information content (AvgIpc) is 2.97. The van der Waals surface area contributed by atoms with E-state index in [0.29, 0.717) is 6.54 Å². The quantitative estimate of drug-likeness (QED) is 0.796. The largest absolute Gasteiger partial charge is 0.390 e. The minimum atomic E-state index is -0.509. The highest BCUT2D eigenvalue weighted by Crippen LogP contribution is 2.29. The highest BCUT2D eigenvalue weighted by atomic mass is 32.1. The summed E-state index contributed by atoms with van der Waals surface area (Å²) in [7, 11) is 0. The number of rotatable bonds is 5. The predicted octanol–water partition coefficient (Wildman–Crippen LogP) is 4.01. The Morgan fingerprint density at radius 2 is 1.89 bits per heavy atom. The van der Waals surface area contributed by atoms with Crippen LogP contribution in [0.2, 0.25) is 0 Å². The molecule has 1 amide bonds. The lowest BCUT2D eigenvalue weighted by molar-refractivity contribution is -0.0132. The van der Waals surface area contributed by atoms with Crippen LogP contribution in [0.5, 0.6) is 0 Å². The van der Waals surface area contributed by atoms with Gasteiger partial charge >= 0.3 is 0 Å². The fourth-order valence-corrected chi connectivity index (χ4v) is 5.39. The van der Waals surface area contributed by atoms with Crippen molar-refractivity contribution in [1.29, 1.82) is 0 Å². The number of thiophene rings is 1. The number of carbonyl (C=O) groups excluding carboxylic acids is 1. The Balaban J connectivity index is 1.51. The molecule has 1 aliphatic heterocycles. The number of piperidine rings is 1. The summed E-state index contributed by atoms with van der Waals surface area (Å²) in [6.07, 6.45) is 9.06. The van der Waals surface area contributed by atoms with Crippen molar-refractivity contribution in [2.75, 3.05) is 26.2 Å². The Bertz CT molecular complexity index is 615. The third kappa shape index (κ3) is 6.03. The van der Waals surface area contributed by atoms with Gasteiger partial charge in [0.2, 0.25) is 0 Å². The minimum Gasteiger partial charge on any atom is -0.390 e. The molecule has 2 aliphatic rings. The molecule has 4 nitrogen and oxygen atoms in total. The summed E-state index contributed by atoms with van der Waals surface area (Å²) < 4.78 is 0. The molecule has 0 aromatic carbocycles. The van der Waals surface area contributed by atoms with Gasteiger partial charge in [-0.25, -0.2) is 0 Å². The summed E-state index contributed by atoms with van der Waals surface area (Å²) in [4.78, 5) is 17.4. The third-order valence-corrected chi connectivity index (χ3v) is 7.27. The van der Waals surface area contributed by atoms with Gasteiger partial charge < -0.3 is 15.3 Å². The van der Waals surface area contributed by atoms with E-state index in [1.54, 1.807) is 11.3 Å². The summed E-state index contributed by atoms with van der Waals surface area (Å²) in [5, 5.41) is 13.3. The second-order valence-corrected chi connectivity index (χ2v) is 10.7. The summed E-state index contributed by atoms with van der Waals surface area (Å²) in [6.45, 7) is 9.86. The summed E-state index contributed by atoms with van der Waals surface area (Å²) in [5.74, 6) is 0.0846. The molecule has 1 fully saturated rings. The SMILES string of the molecule is CC(C)(CNC(=O)c1cc2c(s1)CCCCCC2)CN1CCC(C)(O)CC1. The number of likely N-dealkylation sites (tertiary alicyclic amines) is 1. The van der Waals surface area contributed by atoms with Crippen molar-refractivity contribution < 1.29 is 9.90 Å². The number of fused-ring (bicyclic) bond motifs is 1. The van der Waals surface area contributed by atoms with E-state index in [9.17, 15) is 9.90 Å². The van der Waals surface area contributed by atoms with Crippen molar-refractivity contribution in [2.24, 2.45) is 5.41 Å². The molecule has 0 unspecified atom stereocenters. The number of aliphatic hydroxyl groups is 1. The van der Waals surface area contributed by atoms with Gasteiger partial charge in [-0.2, -0.15) is 0 Å². The van der Waals surface area contributed by atoms with Crippen LogP contribution in [0.4, 0.5) is 0 Å². The zero-order chi connectivity index (χ0) is 19.5. The van der Waals surface area contributed by atoms with Crippen LogP contribution >= 0.6 is 11.3 Å². The molecule has 0 saturated carbocycles. The Hall–Kier alpha value is -0.910. The lowest BCUT2D eigenvalue weighted by Crippen LogP contribution is -2.48. The molecule has 1 aliphatic carbocycles. The van der Waals surface area contributed by atoms with E-state index in [0.717, 1.165) is 50.2 Å². The topological polar surface area (TPSA) is 52.6 Å². The van der Waals surface area contributed by atoms with E-state index >= 15 is 0 Å². The van der Waals surface area contributed by atoms with Crippen LogP contribution in [0, 0.1) is 5.41 Å². The zero-order valence-electron chi connectivity index (χ0n) is 17.3. The van der Waals surface area contributed by atoms with Crippen molar-refractivity contribution in [3.05, 3.63) is 21.4 Å². The molecule has 0 radical (unpaired) electrons. The number of nitrogens with zero attached hydrogens (tertiary/aromatic N) is 1. The van der Waals surface area contributed by atoms with Gasteiger partial charge in [-0.05, 0) is 62.5 Å². The van der Waals surface area contributed by atoms with Gasteiger partial charge in [0.05, 0.1) is 10.5 Å². The molecule has 0 bridgehead atoms. The number of amides is 1. The van der Waals surface area contributed by atoms with Crippen LogP contribution in [-0.4, -0.2) is 47.7 Å². The molecule has 2 N–H and O–H groups in total.